The fourth-order valence-electron chi connectivity index (χ4n) is 3.74. The maximum absolute atomic E-state index is 14.0. The van der Waals surface area contributed by atoms with Crippen molar-refractivity contribution in [1.82, 2.24) is 10.6 Å². The first kappa shape index (κ1) is 25.5. The van der Waals surface area contributed by atoms with Crippen LogP contribution in [0.15, 0.2) is 91.0 Å². The third kappa shape index (κ3) is 6.76. The molecular formula is C29H23F3N2O3. The molecule has 0 fully saturated rings. The summed E-state index contributed by atoms with van der Waals surface area (Å²) in [5.41, 5.74) is 3.26. The molecule has 5 nitrogen and oxygen atoms in total. The van der Waals surface area contributed by atoms with Gasteiger partial charge in [-0.05, 0) is 46.5 Å². The number of amides is 2. The highest BCUT2D eigenvalue weighted by Gasteiger charge is 2.16. The lowest BCUT2D eigenvalue weighted by Crippen LogP contribution is -2.25. The molecule has 2 amide bonds. The fraction of sp³-hybridized carbons (Fsp3) is 0.103. The molecule has 0 saturated heterocycles. The van der Waals surface area contributed by atoms with Crippen molar-refractivity contribution >= 4 is 12.0 Å². The molecule has 37 heavy (non-hydrogen) atoms. The van der Waals surface area contributed by atoms with E-state index in [-0.39, 0.29) is 31.1 Å². The number of hydrogen-bond acceptors (Lipinski definition) is 3. The number of alkyl carbamates (subject to hydrolysis) is 1. The largest absolute Gasteiger partial charge is 0.445 e. The number of halogens is 3. The van der Waals surface area contributed by atoms with Gasteiger partial charge in [0.25, 0.3) is 5.91 Å². The van der Waals surface area contributed by atoms with Crippen LogP contribution in [0.2, 0.25) is 0 Å². The normalized spacial score (nSPS) is 10.6. The number of rotatable bonds is 8. The van der Waals surface area contributed by atoms with Gasteiger partial charge in [0.1, 0.15) is 24.1 Å². The van der Waals surface area contributed by atoms with Crippen LogP contribution in [0.5, 0.6) is 0 Å². The van der Waals surface area contributed by atoms with Crippen LogP contribution in [0.1, 0.15) is 27.0 Å². The summed E-state index contributed by atoms with van der Waals surface area (Å²) in [6.07, 6.45) is -0.647. The van der Waals surface area contributed by atoms with Crippen LogP contribution < -0.4 is 10.6 Å². The molecule has 0 spiro atoms. The van der Waals surface area contributed by atoms with Gasteiger partial charge in [0.05, 0.1) is 0 Å². The minimum Gasteiger partial charge on any atom is -0.445 e. The van der Waals surface area contributed by atoms with Gasteiger partial charge >= 0.3 is 6.09 Å². The predicted octanol–water partition coefficient (Wildman–Crippen LogP) is 6.13. The third-order valence-electron chi connectivity index (χ3n) is 5.64. The predicted molar refractivity (Wildman–Crippen MR) is 133 cm³/mol. The zero-order valence-corrected chi connectivity index (χ0v) is 19.6. The Labute approximate surface area is 211 Å². The first-order valence-corrected chi connectivity index (χ1v) is 11.4. The summed E-state index contributed by atoms with van der Waals surface area (Å²) < 4.78 is 45.4. The van der Waals surface area contributed by atoms with Gasteiger partial charge in [-0.1, -0.05) is 60.7 Å². The fourth-order valence-corrected chi connectivity index (χ4v) is 3.74. The average molecular weight is 505 g/mol. The van der Waals surface area contributed by atoms with E-state index in [0.717, 1.165) is 23.3 Å². The first-order chi connectivity index (χ1) is 17.9. The SMILES string of the molecule is O=C(NCc1ccccc1-c1ccccc1C(=O)NCc1ccc(F)cc1F)OCc1ccc(F)cc1. The maximum atomic E-state index is 14.0. The van der Waals surface area contributed by atoms with E-state index in [2.05, 4.69) is 10.6 Å². The number of carbonyl (C=O) groups is 2. The minimum atomic E-state index is -0.740. The first-order valence-electron chi connectivity index (χ1n) is 11.4. The molecule has 0 radical (unpaired) electrons. The standard InChI is InChI=1S/C29H23F3N2O3/c30-22-12-9-19(10-13-22)18-37-29(36)34-16-20-5-1-2-6-24(20)25-7-3-4-8-26(25)28(35)33-17-21-11-14-23(31)15-27(21)32/h1-15H,16-18H2,(H,33,35)(H,34,36). The molecule has 8 heteroatoms. The summed E-state index contributed by atoms with van der Waals surface area (Å²) in [7, 11) is 0. The van der Waals surface area contributed by atoms with Crippen LogP contribution in [0.4, 0.5) is 18.0 Å². The highest BCUT2D eigenvalue weighted by Crippen LogP contribution is 2.27. The van der Waals surface area contributed by atoms with Gasteiger partial charge in [0, 0.05) is 30.3 Å². The molecule has 0 unspecified atom stereocenters. The smallest absolute Gasteiger partial charge is 0.407 e. The molecule has 0 saturated carbocycles. The van der Waals surface area contributed by atoms with Crippen LogP contribution in [-0.2, 0) is 24.4 Å². The zero-order valence-electron chi connectivity index (χ0n) is 19.6. The molecule has 0 aromatic heterocycles. The molecule has 4 aromatic rings. The Morgan fingerprint density at radius 3 is 2.08 bits per heavy atom. The van der Waals surface area contributed by atoms with E-state index in [0.29, 0.717) is 16.7 Å². The second kappa shape index (κ2) is 11.9. The van der Waals surface area contributed by atoms with Crippen molar-refractivity contribution in [2.75, 3.05) is 0 Å². The molecule has 0 aliphatic rings. The number of carbonyl (C=O) groups excluding carboxylic acids is 2. The number of benzene rings is 4. The Kier molecular flexibility index (Phi) is 8.20. The summed E-state index contributed by atoms with van der Waals surface area (Å²) in [4.78, 5) is 25.2. The summed E-state index contributed by atoms with van der Waals surface area (Å²) in [5, 5.41) is 5.37. The molecule has 0 bridgehead atoms. The number of ether oxygens (including phenoxy) is 1. The second-order valence-electron chi connectivity index (χ2n) is 8.18. The highest BCUT2D eigenvalue weighted by atomic mass is 19.1. The molecule has 0 aliphatic carbocycles. The summed E-state index contributed by atoms with van der Waals surface area (Å²) in [6, 6.07) is 23.0. The van der Waals surface area contributed by atoms with Crippen molar-refractivity contribution in [3.05, 3.63) is 131 Å². The topological polar surface area (TPSA) is 67.4 Å². The Morgan fingerprint density at radius 1 is 0.676 bits per heavy atom. The van der Waals surface area contributed by atoms with Crippen LogP contribution in [0.3, 0.4) is 0 Å². The molecule has 0 aliphatic heterocycles. The second-order valence-corrected chi connectivity index (χ2v) is 8.18. The monoisotopic (exact) mass is 504 g/mol. The Bertz CT molecular complexity index is 1410. The maximum Gasteiger partial charge on any atom is 0.407 e. The van der Waals surface area contributed by atoms with Crippen molar-refractivity contribution in [3.8, 4) is 11.1 Å². The number of nitrogens with one attached hydrogen (secondary N) is 2. The Balaban J connectivity index is 1.44. The van der Waals surface area contributed by atoms with E-state index in [1.807, 2.05) is 24.3 Å². The Morgan fingerprint density at radius 2 is 1.32 bits per heavy atom. The quantitative estimate of drug-likeness (QED) is 0.304. The molecular weight excluding hydrogens is 481 g/mol. The van der Waals surface area contributed by atoms with E-state index in [9.17, 15) is 22.8 Å². The molecule has 0 atom stereocenters. The van der Waals surface area contributed by atoms with E-state index in [1.54, 1.807) is 24.3 Å². The molecule has 2 N–H and O–H groups in total. The lowest BCUT2D eigenvalue weighted by molar-refractivity contribution is 0.0951. The van der Waals surface area contributed by atoms with Gasteiger partial charge in [-0.3, -0.25) is 4.79 Å². The van der Waals surface area contributed by atoms with Gasteiger partial charge in [0.2, 0.25) is 0 Å². The van der Waals surface area contributed by atoms with Crippen LogP contribution in [0, 0.1) is 17.5 Å². The van der Waals surface area contributed by atoms with Crippen LogP contribution in [-0.4, -0.2) is 12.0 Å². The average Bonchev–Trinajstić information content (AvgIpc) is 2.91. The van der Waals surface area contributed by atoms with Gasteiger partial charge in [-0.15, -0.1) is 0 Å². The van der Waals surface area contributed by atoms with Crippen molar-refractivity contribution < 1.29 is 27.5 Å². The van der Waals surface area contributed by atoms with Crippen LogP contribution >= 0.6 is 0 Å². The van der Waals surface area contributed by atoms with Crippen molar-refractivity contribution in [3.63, 3.8) is 0 Å². The number of hydrogen-bond donors (Lipinski definition) is 2. The Hall–Kier alpha value is -4.59. The molecule has 188 valence electrons. The van der Waals surface area contributed by atoms with Gasteiger partial charge in [-0.25, -0.2) is 18.0 Å². The van der Waals surface area contributed by atoms with Gasteiger partial charge in [0.15, 0.2) is 0 Å². The highest BCUT2D eigenvalue weighted by molar-refractivity contribution is 6.01. The minimum absolute atomic E-state index is 0.00852. The van der Waals surface area contributed by atoms with Crippen molar-refractivity contribution in [2.45, 2.75) is 19.7 Å². The van der Waals surface area contributed by atoms with Gasteiger partial charge in [-0.2, -0.15) is 0 Å². The van der Waals surface area contributed by atoms with Crippen molar-refractivity contribution in [1.29, 1.82) is 0 Å². The van der Waals surface area contributed by atoms with E-state index in [1.165, 1.54) is 30.3 Å². The molecule has 4 rings (SSSR count). The molecule has 4 aromatic carbocycles. The lowest BCUT2D eigenvalue weighted by Gasteiger charge is -2.15. The summed E-state index contributed by atoms with van der Waals surface area (Å²) in [5.74, 6) is -2.24. The van der Waals surface area contributed by atoms with Crippen LogP contribution in [0.25, 0.3) is 11.1 Å². The van der Waals surface area contributed by atoms with Gasteiger partial charge < -0.3 is 15.4 Å². The molecule has 0 heterocycles. The third-order valence-corrected chi connectivity index (χ3v) is 5.64. The zero-order chi connectivity index (χ0) is 26.2. The van der Waals surface area contributed by atoms with E-state index >= 15 is 0 Å². The van der Waals surface area contributed by atoms with E-state index < -0.39 is 23.6 Å². The lowest BCUT2D eigenvalue weighted by atomic mass is 9.95. The van der Waals surface area contributed by atoms with E-state index in [4.69, 9.17) is 4.74 Å². The summed E-state index contributed by atoms with van der Waals surface area (Å²) >= 11 is 0. The van der Waals surface area contributed by atoms with Crippen molar-refractivity contribution in [2.24, 2.45) is 0 Å². The summed E-state index contributed by atoms with van der Waals surface area (Å²) in [6.45, 7) is 0.0168.